The Kier molecular flexibility index (Phi) is 2.65. The van der Waals surface area contributed by atoms with Crippen molar-refractivity contribution in [1.82, 2.24) is 0 Å². The molecule has 84 valence electrons. The van der Waals surface area contributed by atoms with Gasteiger partial charge in [-0.15, -0.1) is 23.1 Å². The van der Waals surface area contributed by atoms with Crippen LogP contribution in [0.1, 0.15) is 0 Å². The van der Waals surface area contributed by atoms with Gasteiger partial charge in [0.2, 0.25) is 5.43 Å². The van der Waals surface area contributed by atoms with E-state index in [0.29, 0.717) is 0 Å². The second-order valence-electron chi connectivity index (χ2n) is 3.79. The van der Waals surface area contributed by atoms with Gasteiger partial charge >= 0.3 is 0 Å². The van der Waals surface area contributed by atoms with Crippen molar-refractivity contribution < 1.29 is 0 Å². The second-order valence-corrected chi connectivity index (χ2v) is 5.72. The van der Waals surface area contributed by atoms with E-state index in [1.54, 1.807) is 11.3 Å². The zero-order valence-corrected chi connectivity index (χ0v) is 10.9. The first-order valence-electron chi connectivity index (χ1n) is 5.29. The molecule has 0 fully saturated rings. The summed E-state index contributed by atoms with van der Waals surface area (Å²) in [6, 6.07) is 14.1. The molecule has 0 bridgehead atoms. The number of hydrogen-bond donors (Lipinski definition) is 0. The summed E-state index contributed by atoms with van der Waals surface area (Å²) in [7, 11) is 0. The van der Waals surface area contributed by atoms with E-state index in [2.05, 4.69) is 12.1 Å². The third-order valence-corrected chi connectivity index (χ3v) is 4.71. The second kappa shape index (κ2) is 4.17. The first kappa shape index (κ1) is 10.8. The van der Waals surface area contributed by atoms with Gasteiger partial charge < -0.3 is 0 Å². The molecule has 17 heavy (non-hydrogen) atoms. The summed E-state index contributed by atoms with van der Waals surface area (Å²) in [6.45, 7) is 0. The molecule has 0 aromatic heterocycles. The van der Waals surface area contributed by atoms with Crippen LogP contribution < -0.4 is 5.43 Å². The minimum absolute atomic E-state index is 0.150. The zero-order valence-electron chi connectivity index (χ0n) is 9.27. The summed E-state index contributed by atoms with van der Waals surface area (Å²) >= 11 is 3.18. The van der Waals surface area contributed by atoms with Gasteiger partial charge in [-0.1, -0.05) is 18.2 Å². The molecule has 1 aromatic rings. The van der Waals surface area contributed by atoms with Crippen LogP contribution in [-0.2, 0) is 0 Å². The molecular formula is C14H10OS2. The number of rotatable bonds is 1. The maximum absolute atomic E-state index is 12.2. The van der Waals surface area contributed by atoms with Crippen molar-refractivity contribution >= 4 is 33.2 Å². The van der Waals surface area contributed by atoms with E-state index in [-0.39, 0.29) is 5.43 Å². The Morgan fingerprint density at radius 3 is 2.76 bits per heavy atom. The Morgan fingerprint density at radius 2 is 1.94 bits per heavy atom. The molecule has 1 nitrogen and oxygen atoms in total. The van der Waals surface area contributed by atoms with E-state index >= 15 is 0 Å². The third kappa shape index (κ3) is 1.75. The van der Waals surface area contributed by atoms with Crippen molar-refractivity contribution in [2.75, 3.05) is 6.26 Å². The van der Waals surface area contributed by atoms with Crippen LogP contribution in [0.4, 0.5) is 0 Å². The van der Waals surface area contributed by atoms with Gasteiger partial charge in [-0.3, -0.25) is 4.79 Å². The molecule has 0 amide bonds. The van der Waals surface area contributed by atoms with Crippen LogP contribution in [0, 0.1) is 0 Å². The lowest BCUT2D eigenvalue weighted by atomic mass is 10.1. The molecule has 0 radical (unpaired) electrons. The van der Waals surface area contributed by atoms with Crippen molar-refractivity contribution in [3.05, 3.63) is 52.7 Å². The van der Waals surface area contributed by atoms with Crippen LogP contribution in [0.3, 0.4) is 0 Å². The number of thioether (sulfide) groups is 1. The van der Waals surface area contributed by atoms with Gasteiger partial charge in [-0.25, -0.2) is 0 Å². The number of hydrogen-bond acceptors (Lipinski definition) is 3. The Balaban J connectivity index is 2.45. The number of benzene rings is 2. The molecule has 0 spiro atoms. The van der Waals surface area contributed by atoms with Crippen molar-refractivity contribution in [3.63, 3.8) is 0 Å². The van der Waals surface area contributed by atoms with E-state index in [1.165, 1.54) is 16.5 Å². The molecule has 2 aliphatic rings. The molecule has 1 aliphatic heterocycles. The summed E-state index contributed by atoms with van der Waals surface area (Å²) in [6.07, 6.45) is 1.94. The molecule has 0 saturated carbocycles. The standard InChI is InChI=1S/C14H10OS2/c1-16-13-7-6-12-10(14(13)15)8-9-4-2-3-5-11(9)17-12/h2-8H,1H3. The van der Waals surface area contributed by atoms with Gasteiger partial charge in [0.1, 0.15) is 0 Å². The summed E-state index contributed by atoms with van der Waals surface area (Å²) in [5.41, 5.74) is 0.984. The predicted octanol–water partition coefficient (Wildman–Crippen LogP) is 4.09. The molecule has 3 rings (SSSR count). The molecule has 0 atom stereocenters. The largest absolute Gasteiger partial charge is 0.288 e. The molecule has 3 heteroatoms. The Labute approximate surface area is 107 Å². The lowest BCUT2D eigenvalue weighted by Crippen LogP contribution is -2.06. The van der Waals surface area contributed by atoms with Crippen molar-refractivity contribution in [2.45, 2.75) is 4.90 Å². The Hall–Kier alpha value is -1.32. The van der Waals surface area contributed by atoms with Gasteiger partial charge in [0.25, 0.3) is 0 Å². The fourth-order valence-electron chi connectivity index (χ4n) is 1.91. The minimum Gasteiger partial charge on any atom is -0.288 e. The monoisotopic (exact) mass is 258 g/mol. The quantitative estimate of drug-likeness (QED) is 0.483. The molecule has 0 saturated heterocycles. The van der Waals surface area contributed by atoms with Crippen molar-refractivity contribution in [3.8, 4) is 10.4 Å². The van der Waals surface area contributed by atoms with Crippen LogP contribution in [0.15, 0.2) is 52.2 Å². The summed E-state index contributed by atoms with van der Waals surface area (Å²) in [5.74, 6) is 0. The first-order chi connectivity index (χ1) is 8.29. The van der Waals surface area contributed by atoms with Crippen LogP contribution in [-0.4, -0.2) is 6.26 Å². The molecule has 0 unspecified atom stereocenters. The van der Waals surface area contributed by atoms with Crippen molar-refractivity contribution in [2.24, 2.45) is 0 Å². The van der Waals surface area contributed by atoms with Gasteiger partial charge in [-0.2, -0.15) is 0 Å². The van der Waals surface area contributed by atoms with E-state index in [0.717, 1.165) is 20.7 Å². The van der Waals surface area contributed by atoms with E-state index < -0.39 is 0 Å². The van der Waals surface area contributed by atoms with Gasteiger partial charge in [0, 0.05) is 15.1 Å². The Bertz CT molecular complexity index is 715. The average molecular weight is 258 g/mol. The highest BCUT2D eigenvalue weighted by molar-refractivity contribution is 7.98. The predicted molar refractivity (Wildman–Crippen MR) is 76.5 cm³/mol. The first-order valence-corrected chi connectivity index (χ1v) is 7.33. The molecule has 1 heterocycles. The fraction of sp³-hybridized carbons (Fsp3) is 0.0714. The van der Waals surface area contributed by atoms with Crippen LogP contribution >= 0.6 is 23.1 Å². The summed E-state index contributed by atoms with van der Waals surface area (Å²) < 4.78 is 1.22. The molecule has 1 aliphatic carbocycles. The molecule has 1 aromatic carbocycles. The normalized spacial score (nSPS) is 11.1. The number of fused-ring (bicyclic) bond motifs is 2. The van der Waals surface area contributed by atoms with Gasteiger partial charge in [-0.05, 0) is 35.9 Å². The van der Waals surface area contributed by atoms with Gasteiger partial charge in [0.05, 0.1) is 4.90 Å². The highest BCUT2D eigenvalue weighted by atomic mass is 32.2. The lowest BCUT2D eigenvalue weighted by Gasteiger charge is -2.07. The SMILES string of the molecule is CSc1ccc2sc3ccccc3cc-2c1=O. The maximum atomic E-state index is 12.2. The lowest BCUT2D eigenvalue weighted by molar-refractivity contribution is 1.37. The van der Waals surface area contributed by atoms with Crippen LogP contribution in [0.5, 0.6) is 0 Å². The van der Waals surface area contributed by atoms with Crippen LogP contribution in [0.25, 0.3) is 20.5 Å². The highest BCUT2D eigenvalue weighted by Crippen LogP contribution is 2.32. The smallest absolute Gasteiger partial charge is 0.200 e. The van der Waals surface area contributed by atoms with Crippen LogP contribution in [0.2, 0.25) is 0 Å². The fourth-order valence-corrected chi connectivity index (χ4v) is 3.44. The minimum atomic E-state index is 0.150. The maximum Gasteiger partial charge on any atom is 0.200 e. The van der Waals surface area contributed by atoms with E-state index in [1.807, 2.05) is 36.6 Å². The average Bonchev–Trinajstić information content (AvgIpc) is 2.37. The van der Waals surface area contributed by atoms with E-state index in [4.69, 9.17) is 0 Å². The summed E-state index contributed by atoms with van der Waals surface area (Å²) in [4.78, 5) is 14.1. The molecular weight excluding hydrogens is 248 g/mol. The topological polar surface area (TPSA) is 17.1 Å². The Morgan fingerprint density at radius 1 is 1.12 bits per heavy atom. The highest BCUT2D eigenvalue weighted by Gasteiger charge is 2.11. The summed E-state index contributed by atoms with van der Waals surface area (Å²) in [5, 5.41) is 1.14. The van der Waals surface area contributed by atoms with Gasteiger partial charge in [0.15, 0.2) is 0 Å². The zero-order chi connectivity index (χ0) is 11.8. The van der Waals surface area contributed by atoms with Crippen molar-refractivity contribution in [1.29, 1.82) is 0 Å². The van der Waals surface area contributed by atoms with E-state index in [9.17, 15) is 4.79 Å². The molecule has 0 N–H and O–H groups in total. The third-order valence-electron chi connectivity index (χ3n) is 2.78.